The second-order valence-corrected chi connectivity index (χ2v) is 5.27. The van der Waals surface area contributed by atoms with Gasteiger partial charge in [-0.1, -0.05) is 12.1 Å². The lowest BCUT2D eigenvalue weighted by Crippen LogP contribution is -2.29. The molecule has 1 aromatic heterocycles. The van der Waals surface area contributed by atoms with Gasteiger partial charge in [-0.25, -0.2) is 0 Å². The van der Waals surface area contributed by atoms with E-state index in [0.29, 0.717) is 27.3 Å². The van der Waals surface area contributed by atoms with Gasteiger partial charge in [0.05, 0.1) is 23.2 Å². The average Bonchev–Trinajstić information content (AvgIpc) is 2.93. The standard InChI is InChI=1S/C14H9N3O2S/c15-5-11-8(7-20-12(11)16)6-17-13(18)9-3-1-2-4-10(9)14(17)19/h1-4,7H,6,16H2. The van der Waals surface area contributed by atoms with Gasteiger partial charge in [0.2, 0.25) is 0 Å². The van der Waals surface area contributed by atoms with Crippen molar-refractivity contribution in [3.63, 3.8) is 0 Å². The number of hydrogen-bond acceptors (Lipinski definition) is 5. The molecule has 1 aromatic carbocycles. The van der Waals surface area contributed by atoms with Gasteiger partial charge in [-0.2, -0.15) is 5.26 Å². The Hall–Kier alpha value is -2.65. The molecule has 0 aliphatic carbocycles. The van der Waals surface area contributed by atoms with E-state index in [1.165, 1.54) is 11.3 Å². The highest BCUT2D eigenvalue weighted by molar-refractivity contribution is 7.14. The number of rotatable bonds is 2. The molecule has 98 valence electrons. The minimum absolute atomic E-state index is 0.0724. The van der Waals surface area contributed by atoms with Crippen LogP contribution in [-0.4, -0.2) is 16.7 Å². The Labute approximate surface area is 118 Å². The number of benzene rings is 1. The van der Waals surface area contributed by atoms with Crippen LogP contribution in [0.1, 0.15) is 31.8 Å². The molecular formula is C14H9N3O2S. The number of carbonyl (C=O) groups excluding carboxylic acids is 2. The number of amides is 2. The largest absolute Gasteiger partial charge is 0.389 e. The Bertz CT molecular complexity index is 738. The first-order valence-electron chi connectivity index (χ1n) is 5.84. The molecule has 5 nitrogen and oxygen atoms in total. The van der Waals surface area contributed by atoms with E-state index in [-0.39, 0.29) is 18.4 Å². The molecule has 0 fully saturated rings. The quantitative estimate of drug-likeness (QED) is 0.854. The van der Waals surface area contributed by atoms with Crippen LogP contribution in [0.15, 0.2) is 29.6 Å². The van der Waals surface area contributed by atoms with E-state index in [0.717, 1.165) is 4.90 Å². The molecule has 3 rings (SSSR count). The highest BCUT2D eigenvalue weighted by Crippen LogP contribution is 2.29. The zero-order chi connectivity index (χ0) is 14.3. The third-order valence-electron chi connectivity index (χ3n) is 3.21. The molecule has 0 saturated heterocycles. The molecule has 6 heteroatoms. The number of carbonyl (C=O) groups is 2. The molecule has 0 bridgehead atoms. The minimum Gasteiger partial charge on any atom is -0.389 e. The van der Waals surface area contributed by atoms with Crippen LogP contribution < -0.4 is 5.73 Å². The van der Waals surface area contributed by atoms with E-state index < -0.39 is 0 Å². The van der Waals surface area contributed by atoms with Gasteiger partial charge in [-0.3, -0.25) is 14.5 Å². The van der Waals surface area contributed by atoms with Crippen LogP contribution >= 0.6 is 11.3 Å². The lowest BCUT2D eigenvalue weighted by molar-refractivity contribution is 0.0642. The lowest BCUT2D eigenvalue weighted by atomic mass is 10.1. The van der Waals surface area contributed by atoms with Gasteiger partial charge in [0.25, 0.3) is 11.8 Å². The van der Waals surface area contributed by atoms with Crippen LogP contribution in [0.2, 0.25) is 0 Å². The summed E-state index contributed by atoms with van der Waals surface area (Å²) in [5, 5.41) is 11.2. The SMILES string of the molecule is N#Cc1c(CN2C(=O)c3ccccc3C2=O)csc1N. The topological polar surface area (TPSA) is 87.2 Å². The second kappa shape index (κ2) is 4.47. The van der Waals surface area contributed by atoms with Gasteiger partial charge in [0, 0.05) is 5.56 Å². The molecule has 1 aliphatic heterocycles. The van der Waals surface area contributed by atoms with E-state index in [9.17, 15) is 9.59 Å². The molecule has 20 heavy (non-hydrogen) atoms. The normalized spacial score (nSPS) is 13.4. The molecule has 0 spiro atoms. The summed E-state index contributed by atoms with van der Waals surface area (Å²) in [6.45, 7) is 0.0724. The Kier molecular flexibility index (Phi) is 2.77. The van der Waals surface area contributed by atoms with Crippen molar-refractivity contribution in [3.8, 4) is 6.07 Å². The maximum absolute atomic E-state index is 12.2. The van der Waals surface area contributed by atoms with Crippen molar-refractivity contribution in [1.29, 1.82) is 5.26 Å². The van der Waals surface area contributed by atoms with Gasteiger partial charge in [-0.05, 0) is 17.5 Å². The molecule has 0 radical (unpaired) electrons. The number of nitrogen functional groups attached to an aromatic ring is 1. The monoisotopic (exact) mass is 283 g/mol. The van der Waals surface area contributed by atoms with Crippen LogP contribution in [0, 0.1) is 11.3 Å². The molecule has 2 aromatic rings. The van der Waals surface area contributed by atoms with Gasteiger partial charge in [0.1, 0.15) is 11.1 Å². The van der Waals surface area contributed by atoms with E-state index in [1.54, 1.807) is 29.6 Å². The minimum atomic E-state index is -0.334. The maximum atomic E-state index is 12.2. The number of fused-ring (bicyclic) bond motifs is 1. The van der Waals surface area contributed by atoms with E-state index in [2.05, 4.69) is 0 Å². The fourth-order valence-corrected chi connectivity index (χ4v) is 2.96. The first kappa shape index (κ1) is 12.4. The molecule has 2 heterocycles. The van der Waals surface area contributed by atoms with Crippen molar-refractivity contribution in [2.75, 3.05) is 5.73 Å². The summed E-state index contributed by atoms with van der Waals surface area (Å²) in [5.74, 6) is -0.668. The zero-order valence-electron chi connectivity index (χ0n) is 10.3. The summed E-state index contributed by atoms with van der Waals surface area (Å²) in [7, 11) is 0. The maximum Gasteiger partial charge on any atom is 0.261 e. The Morgan fingerprint density at radius 1 is 1.20 bits per heavy atom. The molecule has 1 aliphatic rings. The number of nitrogens with two attached hydrogens (primary N) is 1. The number of nitrogens with zero attached hydrogens (tertiary/aromatic N) is 2. The summed E-state index contributed by atoms with van der Waals surface area (Å²) >= 11 is 1.23. The van der Waals surface area contributed by atoms with Crippen LogP contribution in [-0.2, 0) is 6.54 Å². The van der Waals surface area contributed by atoms with E-state index in [1.807, 2.05) is 6.07 Å². The summed E-state index contributed by atoms with van der Waals surface area (Å²) in [6.07, 6.45) is 0. The Balaban J connectivity index is 1.96. The lowest BCUT2D eigenvalue weighted by Gasteiger charge is -2.12. The third-order valence-corrected chi connectivity index (χ3v) is 4.07. The van der Waals surface area contributed by atoms with E-state index in [4.69, 9.17) is 11.0 Å². The fraction of sp³-hybridized carbons (Fsp3) is 0.0714. The number of nitriles is 1. The van der Waals surface area contributed by atoms with Crippen molar-refractivity contribution in [3.05, 3.63) is 51.9 Å². The fourth-order valence-electron chi connectivity index (χ4n) is 2.21. The summed E-state index contributed by atoms with van der Waals surface area (Å²) in [4.78, 5) is 25.6. The van der Waals surface area contributed by atoms with Crippen LogP contribution in [0.25, 0.3) is 0 Å². The predicted octanol–water partition coefficient (Wildman–Crippen LogP) is 2.00. The smallest absolute Gasteiger partial charge is 0.261 e. The number of hydrogen-bond donors (Lipinski definition) is 1. The molecule has 2 amide bonds. The molecule has 2 N–H and O–H groups in total. The zero-order valence-corrected chi connectivity index (χ0v) is 11.1. The first-order valence-corrected chi connectivity index (χ1v) is 6.72. The summed E-state index contributed by atoms with van der Waals surface area (Å²) in [5.41, 5.74) is 7.43. The number of anilines is 1. The average molecular weight is 283 g/mol. The highest BCUT2D eigenvalue weighted by Gasteiger charge is 2.35. The molecule has 0 atom stereocenters. The highest BCUT2D eigenvalue weighted by atomic mass is 32.1. The Morgan fingerprint density at radius 2 is 1.80 bits per heavy atom. The number of thiophene rings is 1. The van der Waals surface area contributed by atoms with Gasteiger partial charge < -0.3 is 5.73 Å². The van der Waals surface area contributed by atoms with Gasteiger partial charge in [-0.15, -0.1) is 11.3 Å². The van der Waals surface area contributed by atoms with E-state index >= 15 is 0 Å². The van der Waals surface area contributed by atoms with Crippen molar-refractivity contribution in [2.24, 2.45) is 0 Å². The third kappa shape index (κ3) is 1.68. The van der Waals surface area contributed by atoms with Crippen LogP contribution in [0.5, 0.6) is 0 Å². The van der Waals surface area contributed by atoms with Crippen molar-refractivity contribution >= 4 is 28.2 Å². The van der Waals surface area contributed by atoms with Crippen molar-refractivity contribution in [1.82, 2.24) is 4.90 Å². The van der Waals surface area contributed by atoms with Gasteiger partial charge in [0.15, 0.2) is 0 Å². The molecular weight excluding hydrogens is 274 g/mol. The van der Waals surface area contributed by atoms with Crippen molar-refractivity contribution in [2.45, 2.75) is 6.54 Å². The Morgan fingerprint density at radius 3 is 2.35 bits per heavy atom. The van der Waals surface area contributed by atoms with Crippen LogP contribution in [0.3, 0.4) is 0 Å². The molecule has 0 saturated carbocycles. The molecule has 0 unspecified atom stereocenters. The first-order chi connectivity index (χ1) is 9.63. The predicted molar refractivity (Wildman–Crippen MR) is 74.1 cm³/mol. The van der Waals surface area contributed by atoms with Gasteiger partial charge >= 0.3 is 0 Å². The summed E-state index contributed by atoms with van der Waals surface area (Å²) < 4.78 is 0. The van der Waals surface area contributed by atoms with Crippen molar-refractivity contribution < 1.29 is 9.59 Å². The number of imide groups is 1. The second-order valence-electron chi connectivity index (χ2n) is 4.35. The summed E-state index contributed by atoms with van der Waals surface area (Å²) in [6, 6.07) is 8.70. The van der Waals surface area contributed by atoms with Crippen LogP contribution in [0.4, 0.5) is 5.00 Å².